The second kappa shape index (κ2) is 8.35. The number of methoxy groups -OCH3 is 1. The third kappa shape index (κ3) is 3.63. The second-order valence-corrected chi connectivity index (χ2v) is 10.4. The van der Waals surface area contributed by atoms with Gasteiger partial charge in [0.15, 0.2) is 14.8 Å². The molecule has 174 valence electrons. The SMILES string of the molecule is CO[C@@H]1CCOc2c([S@](=N)(=O)N(C#N)C(=O)Nc3c4c(cc5c3CCC5)CCC4)cnn2C1. The van der Waals surface area contributed by atoms with Gasteiger partial charge in [-0.25, -0.2) is 18.5 Å². The van der Waals surface area contributed by atoms with E-state index in [-0.39, 0.29) is 23.5 Å². The topological polar surface area (TPSA) is 133 Å². The van der Waals surface area contributed by atoms with Crippen molar-refractivity contribution in [3.05, 3.63) is 34.5 Å². The van der Waals surface area contributed by atoms with Gasteiger partial charge in [-0.2, -0.15) is 10.4 Å². The average Bonchev–Trinajstić information content (AvgIpc) is 3.51. The van der Waals surface area contributed by atoms with Crippen LogP contribution in [0.5, 0.6) is 5.88 Å². The fraction of sp³-hybridized carbons (Fsp3) is 0.500. The number of nitriles is 1. The van der Waals surface area contributed by atoms with Gasteiger partial charge in [0.05, 0.1) is 25.5 Å². The van der Waals surface area contributed by atoms with Gasteiger partial charge in [0.2, 0.25) is 12.1 Å². The van der Waals surface area contributed by atoms with E-state index in [9.17, 15) is 14.3 Å². The molecule has 1 aliphatic heterocycles. The average molecular weight is 471 g/mol. The molecule has 2 heterocycles. The van der Waals surface area contributed by atoms with Gasteiger partial charge in [-0.05, 0) is 60.8 Å². The molecule has 1 aromatic carbocycles. The predicted molar refractivity (Wildman–Crippen MR) is 119 cm³/mol. The predicted octanol–water partition coefficient (Wildman–Crippen LogP) is 2.99. The van der Waals surface area contributed by atoms with Crippen LogP contribution in [0.4, 0.5) is 10.5 Å². The Morgan fingerprint density at radius 2 is 2.03 bits per heavy atom. The largest absolute Gasteiger partial charge is 0.477 e. The van der Waals surface area contributed by atoms with E-state index in [1.807, 2.05) is 0 Å². The number of nitrogens with one attached hydrogen (secondary N) is 2. The van der Waals surface area contributed by atoms with Crippen LogP contribution in [0.25, 0.3) is 0 Å². The van der Waals surface area contributed by atoms with Crippen LogP contribution in [-0.2, 0) is 46.9 Å². The zero-order chi connectivity index (χ0) is 23.2. The van der Waals surface area contributed by atoms with Crippen molar-refractivity contribution in [1.29, 1.82) is 10.0 Å². The van der Waals surface area contributed by atoms with Crippen LogP contribution in [-0.4, -0.2) is 44.1 Å². The maximum absolute atomic E-state index is 13.6. The molecule has 2 N–H and O–H groups in total. The van der Waals surface area contributed by atoms with Crippen molar-refractivity contribution in [2.45, 2.75) is 62.5 Å². The molecular formula is C22H26N6O4S. The standard InChI is InChI=1S/C22H26N6O4S/c1-31-16-8-9-32-21-19(11-25-27(21)12-16)33(24,30)28(13-23)22(29)26-20-17-6-2-4-14(17)10-15-5-3-7-18(15)20/h10-11,16,24H,2-9,12H2,1H3,(H,26,29)/t16-,33-/m1/s1. The Labute approximate surface area is 192 Å². The number of aromatic nitrogens is 2. The summed E-state index contributed by atoms with van der Waals surface area (Å²) in [7, 11) is -2.44. The number of carbonyl (C=O) groups excluding carboxylic acids is 1. The number of carbonyl (C=O) groups is 1. The molecule has 3 aliphatic rings. The molecule has 5 rings (SSSR count). The number of anilines is 1. The van der Waals surface area contributed by atoms with Gasteiger partial charge in [-0.1, -0.05) is 6.07 Å². The summed E-state index contributed by atoms with van der Waals surface area (Å²) in [6, 6.07) is 1.36. The van der Waals surface area contributed by atoms with E-state index in [1.54, 1.807) is 13.3 Å². The van der Waals surface area contributed by atoms with E-state index >= 15 is 0 Å². The molecule has 2 aromatic rings. The second-order valence-electron chi connectivity index (χ2n) is 8.58. The highest BCUT2D eigenvalue weighted by Gasteiger charge is 2.35. The quantitative estimate of drug-likeness (QED) is 0.521. The number of hydrogen-bond donors (Lipinski definition) is 2. The molecule has 0 saturated carbocycles. The molecule has 1 aromatic heterocycles. The number of amides is 2. The number of fused-ring (bicyclic) bond motifs is 3. The van der Waals surface area contributed by atoms with Crippen LogP contribution < -0.4 is 10.1 Å². The molecule has 0 fully saturated rings. The van der Waals surface area contributed by atoms with Crippen molar-refractivity contribution in [2.75, 3.05) is 19.0 Å². The lowest BCUT2D eigenvalue weighted by Crippen LogP contribution is -2.36. The van der Waals surface area contributed by atoms with Crippen molar-refractivity contribution in [3.8, 4) is 12.1 Å². The highest BCUT2D eigenvalue weighted by molar-refractivity contribution is 7.91. The molecule has 0 unspecified atom stereocenters. The Morgan fingerprint density at radius 3 is 2.67 bits per heavy atom. The monoisotopic (exact) mass is 470 g/mol. The van der Waals surface area contributed by atoms with Crippen LogP contribution in [0, 0.1) is 16.2 Å². The first-order valence-electron chi connectivity index (χ1n) is 11.1. The van der Waals surface area contributed by atoms with E-state index in [2.05, 4.69) is 16.5 Å². The smallest absolute Gasteiger partial charge is 0.348 e. The van der Waals surface area contributed by atoms with Gasteiger partial charge >= 0.3 is 6.03 Å². The molecular weight excluding hydrogens is 444 g/mol. The first-order chi connectivity index (χ1) is 15.9. The first kappa shape index (κ1) is 21.7. The summed E-state index contributed by atoms with van der Waals surface area (Å²) in [5.74, 6) is 0.129. The highest BCUT2D eigenvalue weighted by Crippen LogP contribution is 2.39. The lowest BCUT2D eigenvalue weighted by atomic mass is 9.99. The Hall–Kier alpha value is -3.10. The van der Waals surface area contributed by atoms with Crippen LogP contribution in [0.3, 0.4) is 0 Å². The fourth-order valence-electron chi connectivity index (χ4n) is 5.03. The Morgan fingerprint density at radius 1 is 1.33 bits per heavy atom. The Kier molecular flexibility index (Phi) is 5.50. The van der Waals surface area contributed by atoms with Crippen molar-refractivity contribution >= 4 is 21.6 Å². The van der Waals surface area contributed by atoms with E-state index in [1.165, 1.54) is 22.0 Å². The number of benzene rings is 1. The summed E-state index contributed by atoms with van der Waals surface area (Å²) in [5.41, 5.74) is 5.36. The number of rotatable bonds is 4. The van der Waals surface area contributed by atoms with E-state index < -0.39 is 15.9 Å². The minimum absolute atomic E-state index is 0.0977. The molecule has 33 heavy (non-hydrogen) atoms. The minimum atomic E-state index is -4.03. The molecule has 11 heteroatoms. The summed E-state index contributed by atoms with van der Waals surface area (Å²) in [5, 5.41) is 16.8. The normalized spacial score (nSPS) is 20.4. The molecule has 2 atom stereocenters. The third-order valence-electron chi connectivity index (χ3n) is 6.68. The summed E-state index contributed by atoms with van der Waals surface area (Å²) < 4.78 is 35.1. The molecule has 2 amide bonds. The zero-order valence-corrected chi connectivity index (χ0v) is 19.2. The Balaban J connectivity index is 1.47. The van der Waals surface area contributed by atoms with Crippen LogP contribution in [0.2, 0.25) is 0 Å². The van der Waals surface area contributed by atoms with Crippen molar-refractivity contribution < 1.29 is 18.5 Å². The first-order valence-corrected chi connectivity index (χ1v) is 12.6. The summed E-state index contributed by atoms with van der Waals surface area (Å²) in [6.07, 6.45) is 9.03. The zero-order valence-electron chi connectivity index (χ0n) is 18.4. The maximum Gasteiger partial charge on any atom is 0.348 e. The van der Waals surface area contributed by atoms with Crippen molar-refractivity contribution in [2.24, 2.45) is 0 Å². The van der Waals surface area contributed by atoms with Crippen molar-refractivity contribution in [1.82, 2.24) is 14.1 Å². The number of hydrogen-bond acceptors (Lipinski definition) is 7. The number of urea groups is 1. The van der Waals surface area contributed by atoms with E-state index in [0.29, 0.717) is 17.3 Å². The van der Waals surface area contributed by atoms with Crippen LogP contribution >= 0.6 is 0 Å². The fourth-order valence-corrected chi connectivity index (χ4v) is 6.21. The Bertz CT molecular complexity index is 1230. The van der Waals surface area contributed by atoms with Gasteiger partial charge in [-0.15, -0.1) is 4.31 Å². The lowest BCUT2D eigenvalue weighted by molar-refractivity contribution is 0.0775. The van der Waals surface area contributed by atoms with Gasteiger partial charge in [-0.3, -0.25) is 0 Å². The molecule has 0 bridgehead atoms. The summed E-state index contributed by atoms with van der Waals surface area (Å²) in [4.78, 5) is 13.1. The van der Waals surface area contributed by atoms with E-state index in [4.69, 9.17) is 14.3 Å². The van der Waals surface area contributed by atoms with Gasteiger partial charge < -0.3 is 14.8 Å². The molecule has 0 radical (unpaired) electrons. The molecule has 10 nitrogen and oxygen atoms in total. The van der Waals surface area contributed by atoms with Gasteiger partial charge in [0, 0.05) is 19.2 Å². The van der Waals surface area contributed by atoms with Crippen LogP contribution in [0.1, 0.15) is 41.5 Å². The van der Waals surface area contributed by atoms with Gasteiger partial charge in [0.1, 0.15) is 0 Å². The van der Waals surface area contributed by atoms with Crippen LogP contribution in [0.15, 0.2) is 17.2 Å². The summed E-state index contributed by atoms with van der Waals surface area (Å²) >= 11 is 0. The maximum atomic E-state index is 13.6. The molecule has 0 saturated heterocycles. The minimum Gasteiger partial charge on any atom is -0.477 e. The number of aryl methyl sites for hydroxylation is 2. The lowest BCUT2D eigenvalue weighted by Gasteiger charge is -2.21. The van der Waals surface area contributed by atoms with E-state index in [0.717, 1.165) is 55.3 Å². The number of ether oxygens (including phenoxy) is 2. The number of nitrogens with zero attached hydrogens (tertiary/aromatic N) is 4. The third-order valence-corrected chi connectivity index (χ3v) is 8.32. The van der Waals surface area contributed by atoms with Gasteiger partial charge in [0.25, 0.3) is 0 Å². The van der Waals surface area contributed by atoms with Crippen molar-refractivity contribution in [3.63, 3.8) is 0 Å². The molecule has 0 spiro atoms. The highest BCUT2D eigenvalue weighted by atomic mass is 32.2. The summed E-state index contributed by atoms with van der Waals surface area (Å²) in [6.45, 7) is 0.649. The molecule has 2 aliphatic carbocycles.